The van der Waals surface area contributed by atoms with Crippen molar-refractivity contribution in [2.75, 3.05) is 5.73 Å². The van der Waals surface area contributed by atoms with Gasteiger partial charge in [0.05, 0.1) is 9.35 Å². The van der Waals surface area contributed by atoms with Crippen molar-refractivity contribution >= 4 is 38.9 Å². The van der Waals surface area contributed by atoms with E-state index in [2.05, 4.69) is 15.9 Å². The minimum atomic E-state index is 0.117. The molecule has 0 bridgehead atoms. The van der Waals surface area contributed by atoms with E-state index >= 15 is 0 Å². The molecule has 20 heavy (non-hydrogen) atoms. The number of carbonyl (C=O) groups excluding carboxylic acids is 1. The van der Waals surface area contributed by atoms with Crippen molar-refractivity contribution in [3.8, 4) is 0 Å². The fourth-order valence-electron chi connectivity index (χ4n) is 2.16. The molecule has 1 fully saturated rings. The second kappa shape index (κ2) is 5.58. The molecule has 3 rings (SSSR count). The molecule has 0 aliphatic heterocycles. The summed E-state index contributed by atoms with van der Waals surface area (Å²) in [6, 6.07) is 10.0. The average molecular weight is 351 g/mol. The van der Waals surface area contributed by atoms with Gasteiger partial charge in [-0.2, -0.15) is 0 Å². The third kappa shape index (κ3) is 3.04. The van der Waals surface area contributed by atoms with E-state index in [-0.39, 0.29) is 5.91 Å². The molecule has 1 amide bonds. The number of carbonyl (C=O) groups is 1. The molecule has 1 aromatic heterocycles. The molecular weight excluding hydrogens is 336 g/mol. The number of nitrogens with two attached hydrogens (primary N) is 1. The third-order valence-corrected chi connectivity index (χ3v) is 4.90. The first-order valence-electron chi connectivity index (χ1n) is 6.53. The number of thiophene rings is 1. The van der Waals surface area contributed by atoms with Gasteiger partial charge in [0.25, 0.3) is 5.91 Å². The van der Waals surface area contributed by atoms with E-state index in [4.69, 9.17) is 5.73 Å². The molecule has 1 aliphatic carbocycles. The van der Waals surface area contributed by atoms with E-state index < -0.39 is 0 Å². The van der Waals surface area contributed by atoms with E-state index in [1.165, 1.54) is 0 Å². The molecule has 5 heteroatoms. The molecule has 2 N–H and O–H groups in total. The van der Waals surface area contributed by atoms with Crippen molar-refractivity contribution in [3.63, 3.8) is 0 Å². The Morgan fingerprint density at radius 3 is 2.60 bits per heavy atom. The summed E-state index contributed by atoms with van der Waals surface area (Å²) in [6.45, 7) is 0.650. The fourth-order valence-corrected chi connectivity index (χ4v) is 3.29. The van der Waals surface area contributed by atoms with Gasteiger partial charge in [0.2, 0.25) is 0 Å². The zero-order valence-electron chi connectivity index (χ0n) is 10.9. The van der Waals surface area contributed by atoms with Crippen LogP contribution >= 0.6 is 27.3 Å². The Morgan fingerprint density at radius 1 is 1.35 bits per heavy atom. The number of halogens is 1. The normalized spacial score (nSPS) is 14.2. The third-order valence-electron chi connectivity index (χ3n) is 3.40. The van der Waals surface area contributed by atoms with Gasteiger partial charge in [0.15, 0.2) is 0 Å². The van der Waals surface area contributed by atoms with E-state index in [1.807, 2.05) is 40.6 Å². The summed E-state index contributed by atoms with van der Waals surface area (Å²) in [5.41, 5.74) is 8.34. The van der Waals surface area contributed by atoms with Crippen molar-refractivity contribution in [2.24, 2.45) is 0 Å². The Kier molecular flexibility index (Phi) is 3.81. The van der Waals surface area contributed by atoms with Crippen molar-refractivity contribution in [1.82, 2.24) is 4.90 Å². The number of rotatable bonds is 4. The quantitative estimate of drug-likeness (QED) is 0.850. The Morgan fingerprint density at radius 2 is 2.05 bits per heavy atom. The van der Waals surface area contributed by atoms with Gasteiger partial charge in [-0.1, -0.05) is 12.1 Å². The number of anilines is 1. The van der Waals surface area contributed by atoms with Gasteiger partial charge in [-0.05, 0) is 52.5 Å². The smallest absolute Gasteiger partial charge is 0.255 e. The lowest BCUT2D eigenvalue weighted by molar-refractivity contribution is 0.0730. The monoisotopic (exact) mass is 350 g/mol. The van der Waals surface area contributed by atoms with Crippen molar-refractivity contribution in [2.45, 2.75) is 25.4 Å². The maximum atomic E-state index is 12.6. The Hall–Kier alpha value is -1.33. The highest BCUT2D eigenvalue weighted by Crippen LogP contribution is 2.31. The first-order valence-corrected chi connectivity index (χ1v) is 8.20. The Bertz CT molecular complexity index is 619. The maximum absolute atomic E-state index is 12.6. The average Bonchev–Trinajstić information content (AvgIpc) is 3.19. The summed E-state index contributed by atoms with van der Waals surface area (Å²) >= 11 is 4.95. The molecule has 1 aromatic carbocycles. The van der Waals surface area contributed by atoms with Gasteiger partial charge in [-0.15, -0.1) is 11.3 Å². The summed E-state index contributed by atoms with van der Waals surface area (Å²) in [5.74, 6) is 0.117. The Balaban J connectivity index is 1.79. The van der Waals surface area contributed by atoms with Crippen LogP contribution in [0.1, 0.15) is 28.8 Å². The lowest BCUT2D eigenvalue weighted by Gasteiger charge is -2.22. The summed E-state index contributed by atoms with van der Waals surface area (Å²) < 4.78 is 0.990. The molecule has 0 saturated heterocycles. The van der Waals surface area contributed by atoms with Gasteiger partial charge < -0.3 is 10.6 Å². The van der Waals surface area contributed by atoms with Crippen molar-refractivity contribution < 1.29 is 4.79 Å². The first kappa shape index (κ1) is 13.6. The minimum absolute atomic E-state index is 0.117. The summed E-state index contributed by atoms with van der Waals surface area (Å²) in [6.07, 6.45) is 2.21. The highest BCUT2D eigenvalue weighted by molar-refractivity contribution is 9.11. The lowest BCUT2D eigenvalue weighted by Crippen LogP contribution is -2.32. The second-order valence-corrected chi connectivity index (χ2v) is 7.34. The van der Waals surface area contributed by atoms with Crippen LogP contribution in [-0.4, -0.2) is 16.8 Å². The molecule has 104 valence electrons. The zero-order chi connectivity index (χ0) is 14.1. The van der Waals surface area contributed by atoms with Crippen LogP contribution in [0.5, 0.6) is 0 Å². The molecule has 0 spiro atoms. The lowest BCUT2D eigenvalue weighted by atomic mass is 10.1. The predicted molar refractivity (Wildman–Crippen MR) is 85.8 cm³/mol. The molecular formula is C15H15BrN2OS. The van der Waals surface area contributed by atoms with Crippen molar-refractivity contribution in [3.05, 3.63) is 50.6 Å². The molecule has 2 aromatic rings. The van der Waals surface area contributed by atoms with E-state index in [1.54, 1.807) is 11.3 Å². The summed E-state index contributed by atoms with van der Waals surface area (Å²) in [5, 5.41) is 1.91. The van der Waals surface area contributed by atoms with Gasteiger partial charge >= 0.3 is 0 Å². The molecule has 1 saturated carbocycles. The van der Waals surface area contributed by atoms with Gasteiger partial charge in [0.1, 0.15) is 0 Å². The number of nitrogens with zero attached hydrogens (tertiary/aromatic N) is 1. The Labute approximate surface area is 130 Å². The van der Waals surface area contributed by atoms with Crippen LogP contribution in [0.25, 0.3) is 0 Å². The predicted octanol–water partition coefficient (Wildman–Crippen LogP) is 3.90. The van der Waals surface area contributed by atoms with E-state index in [9.17, 15) is 4.79 Å². The van der Waals surface area contributed by atoms with E-state index in [0.29, 0.717) is 12.6 Å². The molecule has 1 heterocycles. The SMILES string of the molecule is Nc1ccc(CN(C(=O)c2csc(Br)c2)C2CC2)cc1. The fraction of sp³-hybridized carbons (Fsp3) is 0.267. The van der Waals surface area contributed by atoms with Gasteiger partial charge in [0, 0.05) is 23.7 Å². The van der Waals surface area contributed by atoms with Crippen LogP contribution in [0.15, 0.2) is 39.5 Å². The molecule has 1 aliphatic rings. The molecule has 0 unspecified atom stereocenters. The minimum Gasteiger partial charge on any atom is -0.399 e. The van der Waals surface area contributed by atoms with Crippen LogP contribution in [-0.2, 0) is 6.54 Å². The van der Waals surface area contributed by atoms with Gasteiger partial charge in [-0.25, -0.2) is 0 Å². The molecule has 0 radical (unpaired) electrons. The van der Waals surface area contributed by atoms with Crippen LogP contribution < -0.4 is 5.73 Å². The molecule has 3 nitrogen and oxygen atoms in total. The van der Waals surface area contributed by atoms with E-state index in [0.717, 1.165) is 33.4 Å². The number of hydrogen-bond acceptors (Lipinski definition) is 3. The largest absolute Gasteiger partial charge is 0.399 e. The highest BCUT2D eigenvalue weighted by atomic mass is 79.9. The second-order valence-electron chi connectivity index (χ2n) is 5.05. The van der Waals surface area contributed by atoms with Crippen molar-refractivity contribution in [1.29, 1.82) is 0 Å². The van der Waals surface area contributed by atoms with Crippen LogP contribution in [0.2, 0.25) is 0 Å². The van der Waals surface area contributed by atoms with Crippen LogP contribution in [0.3, 0.4) is 0 Å². The van der Waals surface area contributed by atoms with Crippen LogP contribution in [0, 0.1) is 0 Å². The summed E-state index contributed by atoms with van der Waals surface area (Å²) in [4.78, 5) is 14.6. The molecule has 0 atom stereocenters. The number of nitrogen functional groups attached to an aromatic ring is 1. The highest BCUT2D eigenvalue weighted by Gasteiger charge is 2.33. The zero-order valence-corrected chi connectivity index (χ0v) is 13.3. The number of hydrogen-bond donors (Lipinski definition) is 1. The summed E-state index contributed by atoms with van der Waals surface area (Å²) in [7, 11) is 0. The maximum Gasteiger partial charge on any atom is 0.255 e. The number of amides is 1. The topological polar surface area (TPSA) is 46.3 Å². The number of benzene rings is 1. The standard InChI is InChI=1S/C15H15BrN2OS/c16-14-7-11(9-20-14)15(19)18(13-5-6-13)8-10-1-3-12(17)4-2-10/h1-4,7,9,13H,5-6,8,17H2. The van der Waals surface area contributed by atoms with Gasteiger partial charge in [-0.3, -0.25) is 4.79 Å². The van der Waals surface area contributed by atoms with Crippen LogP contribution in [0.4, 0.5) is 5.69 Å². The first-order chi connectivity index (χ1) is 9.63.